The number of nitrogen functional groups attached to an aromatic ring is 1. The lowest BCUT2D eigenvalue weighted by Crippen LogP contribution is -2.33. The monoisotopic (exact) mass is 228 g/mol. The highest BCUT2D eigenvalue weighted by molar-refractivity contribution is 7.13. The molecule has 0 bridgehead atoms. The molecule has 1 atom stereocenters. The summed E-state index contributed by atoms with van der Waals surface area (Å²) in [6.07, 6.45) is -0.272. The van der Waals surface area contributed by atoms with Gasteiger partial charge in [-0.15, -0.1) is 11.3 Å². The number of carboxylic acids is 1. The smallest absolute Gasteiger partial charge is 0.304 e. The van der Waals surface area contributed by atoms with Crippen molar-refractivity contribution >= 4 is 28.2 Å². The second kappa shape index (κ2) is 3.98. The number of aromatic nitrogens is 1. The fourth-order valence-corrected chi connectivity index (χ4v) is 1.94. The lowest BCUT2D eigenvalue weighted by atomic mass is 9.80. The lowest BCUT2D eigenvalue weighted by molar-refractivity contribution is -0.141. The summed E-state index contributed by atoms with van der Waals surface area (Å²) in [6.45, 7) is 2.93. The molecule has 1 aromatic rings. The van der Waals surface area contributed by atoms with Crippen LogP contribution in [0.25, 0.3) is 0 Å². The molecular formula is C9H12N2O3S. The van der Waals surface area contributed by atoms with Crippen LogP contribution in [-0.4, -0.2) is 21.8 Å². The van der Waals surface area contributed by atoms with E-state index in [-0.39, 0.29) is 12.2 Å². The van der Waals surface area contributed by atoms with Crippen LogP contribution < -0.4 is 5.73 Å². The molecule has 0 aliphatic rings. The van der Waals surface area contributed by atoms with Gasteiger partial charge in [0.1, 0.15) is 5.78 Å². The standard InChI is InChI=1S/C9H12N2O3S/c1-5(12)9(2,3-7(13)14)6-4-15-8(10)11-6/h4H,3H2,1-2H3,(H2,10,11)(H,13,14). The molecule has 0 amide bonds. The van der Waals surface area contributed by atoms with Crippen molar-refractivity contribution in [2.75, 3.05) is 5.73 Å². The van der Waals surface area contributed by atoms with E-state index >= 15 is 0 Å². The van der Waals surface area contributed by atoms with Crippen LogP contribution in [0.15, 0.2) is 5.38 Å². The number of carboxylic acid groups (broad SMARTS) is 1. The third-order valence-electron chi connectivity index (χ3n) is 2.37. The first kappa shape index (κ1) is 11.6. The van der Waals surface area contributed by atoms with Gasteiger partial charge in [-0.1, -0.05) is 0 Å². The van der Waals surface area contributed by atoms with Crippen LogP contribution in [0, 0.1) is 0 Å². The van der Waals surface area contributed by atoms with E-state index in [4.69, 9.17) is 10.8 Å². The predicted molar refractivity (Wildman–Crippen MR) is 56.8 cm³/mol. The van der Waals surface area contributed by atoms with Gasteiger partial charge in [0.2, 0.25) is 0 Å². The number of hydrogen-bond acceptors (Lipinski definition) is 5. The molecule has 0 spiro atoms. The lowest BCUT2D eigenvalue weighted by Gasteiger charge is -2.22. The summed E-state index contributed by atoms with van der Waals surface area (Å²) >= 11 is 1.20. The number of carbonyl (C=O) groups excluding carboxylic acids is 1. The first-order valence-electron chi connectivity index (χ1n) is 4.30. The number of carbonyl (C=O) groups is 2. The molecule has 0 radical (unpaired) electrons. The van der Waals surface area contributed by atoms with Gasteiger partial charge in [0.15, 0.2) is 5.13 Å². The molecule has 15 heavy (non-hydrogen) atoms. The summed E-state index contributed by atoms with van der Waals surface area (Å²) in [4.78, 5) is 26.1. The maximum Gasteiger partial charge on any atom is 0.304 e. The molecule has 0 aliphatic carbocycles. The highest BCUT2D eigenvalue weighted by atomic mass is 32.1. The van der Waals surface area contributed by atoms with E-state index < -0.39 is 11.4 Å². The number of Topliss-reactive ketones (excluding diaryl/α,β-unsaturated/α-hetero) is 1. The van der Waals surface area contributed by atoms with Crippen LogP contribution in [-0.2, 0) is 15.0 Å². The van der Waals surface area contributed by atoms with Gasteiger partial charge in [-0.25, -0.2) is 4.98 Å². The van der Waals surface area contributed by atoms with E-state index in [1.54, 1.807) is 12.3 Å². The Morgan fingerprint density at radius 2 is 2.27 bits per heavy atom. The Morgan fingerprint density at radius 1 is 1.67 bits per heavy atom. The average Bonchev–Trinajstić information content (AvgIpc) is 2.50. The SMILES string of the molecule is CC(=O)C(C)(CC(=O)O)c1csc(N)n1. The fraction of sp³-hybridized carbons (Fsp3) is 0.444. The van der Waals surface area contributed by atoms with Gasteiger partial charge in [-0.05, 0) is 13.8 Å². The third kappa shape index (κ3) is 2.33. The number of aliphatic carboxylic acids is 1. The summed E-state index contributed by atoms with van der Waals surface area (Å²) in [5, 5.41) is 10.7. The Hall–Kier alpha value is -1.43. The normalized spacial score (nSPS) is 14.5. The second-order valence-electron chi connectivity index (χ2n) is 3.53. The molecular weight excluding hydrogens is 216 g/mol. The van der Waals surface area contributed by atoms with Crippen molar-refractivity contribution in [3.63, 3.8) is 0 Å². The molecule has 0 saturated heterocycles. The van der Waals surface area contributed by atoms with Crippen molar-refractivity contribution in [3.05, 3.63) is 11.1 Å². The molecule has 5 nitrogen and oxygen atoms in total. The topological polar surface area (TPSA) is 93.3 Å². The van der Waals surface area contributed by atoms with Gasteiger partial charge in [0, 0.05) is 5.38 Å². The minimum absolute atomic E-state index is 0.227. The molecule has 82 valence electrons. The number of ketones is 1. The molecule has 1 unspecified atom stereocenters. The van der Waals surface area contributed by atoms with E-state index in [9.17, 15) is 9.59 Å². The molecule has 0 fully saturated rings. The van der Waals surface area contributed by atoms with Gasteiger partial charge < -0.3 is 10.8 Å². The summed E-state index contributed by atoms with van der Waals surface area (Å²) in [7, 11) is 0. The van der Waals surface area contributed by atoms with E-state index in [0.717, 1.165) is 0 Å². The van der Waals surface area contributed by atoms with Crippen molar-refractivity contribution in [2.24, 2.45) is 0 Å². The fourth-order valence-electron chi connectivity index (χ4n) is 1.24. The Labute approximate surface area is 90.9 Å². The predicted octanol–water partition coefficient (Wildman–Crippen LogP) is 1.05. The van der Waals surface area contributed by atoms with E-state index in [1.165, 1.54) is 18.3 Å². The van der Waals surface area contributed by atoms with Gasteiger partial charge in [0.05, 0.1) is 17.5 Å². The number of rotatable bonds is 4. The third-order valence-corrected chi connectivity index (χ3v) is 3.04. The average molecular weight is 228 g/mol. The maximum atomic E-state index is 11.5. The molecule has 0 saturated carbocycles. The summed E-state index contributed by atoms with van der Waals surface area (Å²) in [6, 6.07) is 0. The largest absolute Gasteiger partial charge is 0.481 e. The summed E-state index contributed by atoms with van der Waals surface area (Å²) in [5.74, 6) is -1.26. The number of thiazole rings is 1. The molecule has 0 aliphatic heterocycles. The number of anilines is 1. The van der Waals surface area contributed by atoms with Gasteiger partial charge in [0.25, 0.3) is 0 Å². The van der Waals surface area contributed by atoms with Crippen molar-refractivity contribution in [3.8, 4) is 0 Å². The molecule has 1 rings (SSSR count). The number of nitrogens with two attached hydrogens (primary N) is 1. The van der Waals surface area contributed by atoms with Gasteiger partial charge in [-0.3, -0.25) is 9.59 Å². The van der Waals surface area contributed by atoms with E-state index in [2.05, 4.69) is 4.98 Å². The Kier molecular flexibility index (Phi) is 3.09. The van der Waals surface area contributed by atoms with Crippen LogP contribution in [0.3, 0.4) is 0 Å². The maximum absolute atomic E-state index is 11.5. The van der Waals surface area contributed by atoms with Crippen LogP contribution in [0.4, 0.5) is 5.13 Å². The van der Waals surface area contributed by atoms with Crippen molar-refractivity contribution in [1.29, 1.82) is 0 Å². The second-order valence-corrected chi connectivity index (χ2v) is 4.42. The summed E-state index contributed by atoms with van der Waals surface area (Å²) < 4.78 is 0. The Bertz CT molecular complexity index is 402. The zero-order chi connectivity index (χ0) is 11.6. The molecule has 3 N–H and O–H groups in total. The van der Waals surface area contributed by atoms with Crippen LogP contribution in [0.5, 0.6) is 0 Å². The van der Waals surface area contributed by atoms with Crippen molar-refractivity contribution < 1.29 is 14.7 Å². The van der Waals surface area contributed by atoms with Crippen LogP contribution in [0.2, 0.25) is 0 Å². The molecule has 0 aromatic carbocycles. The number of hydrogen-bond donors (Lipinski definition) is 2. The van der Waals surface area contributed by atoms with Crippen molar-refractivity contribution in [1.82, 2.24) is 4.98 Å². The Balaban J connectivity index is 3.11. The molecule has 6 heteroatoms. The molecule has 1 aromatic heterocycles. The van der Waals surface area contributed by atoms with E-state index in [0.29, 0.717) is 10.8 Å². The quantitative estimate of drug-likeness (QED) is 0.803. The van der Waals surface area contributed by atoms with Gasteiger partial charge >= 0.3 is 5.97 Å². The summed E-state index contributed by atoms with van der Waals surface area (Å²) in [5.41, 5.74) is 4.80. The van der Waals surface area contributed by atoms with Gasteiger partial charge in [-0.2, -0.15) is 0 Å². The molecule has 1 heterocycles. The highest BCUT2D eigenvalue weighted by Crippen LogP contribution is 2.30. The van der Waals surface area contributed by atoms with Crippen molar-refractivity contribution in [2.45, 2.75) is 25.7 Å². The first-order chi connectivity index (χ1) is 6.86. The van der Waals surface area contributed by atoms with Crippen LogP contribution >= 0.6 is 11.3 Å². The first-order valence-corrected chi connectivity index (χ1v) is 5.18. The zero-order valence-electron chi connectivity index (χ0n) is 8.48. The highest BCUT2D eigenvalue weighted by Gasteiger charge is 2.36. The minimum Gasteiger partial charge on any atom is -0.481 e. The Morgan fingerprint density at radius 3 is 2.60 bits per heavy atom. The minimum atomic E-state index is -1.08. The van der Waals surface area contributed by atoms with E-state index in [1.807, 2.05) is 0 Å². The number of nitrogens with zero attached hydrogens (tertiary/aromatic N) is 1. The zero-order valence-corrected chi connectivity index (χ0v) is 9.30. The van der Waals surface area contributed by atoms with Crippen LogP contribution in [0.1, 0.15) is 26.0 Å².